The maximum Gasteiger partial charge on any atom is 0.159 e. The lowest BCUT2D eigenvalue weighted by atomic mass is 9.88. The lowest BCUT2D eigenvalue weighted by Crippen LogP contribution is -1.95. The van der Waals surface area contributed by atoms with Gasteiger partial charge >= 0.3 is 0 Å². The first-order valence-corrected chi connectivity index (χ1v) is 9.47. The highest BCUT2D eigenvalue weighted by atomic mass is 16.1. The normalized spacial score (nSPS) is 13.1. The van der Waals surface area contributed by atoms with Crippen molar-refractivity contribution in [1.29, 1.82) is 0 Å². The molecule has 4 aromatic rings. The predicted octanol–water partition coefficient (Wildman–Crippen LogP) is 6.82. The lowest BCUT2D eigenvalue weighted by molar-refractivity contribution is 0.101. The molecule has 1 heteroatoms. The molecule has 0 atom stereocenters. The van der Waals surface area contributed by atoms with E-state index in [0.29, 0.717) is 0 Å². The summed E-state index contributed by atoms with van der Waals surface area (Å²) in [7, 11) is 0. The zero-order valence-corrected chi connectivity index (χ0v) is 15.3. The van der Waals surface area contributed by atoms with Crippen LogP contribution in [0.3, 0.4) is 0 Å². The topological polar surface area (TPSA) is 17.1 Å². The first kappa shape index (κ1) is 16.0. The van der Waals surface area contributed by atoms with Crippen LogP contribution in [-0.2, 0) is 6.42 Å². The number of hydrogen-bond acceptors (Lipinski definition) is 1. The maximum absolute atomic E-state index is 11.5. The van der Waals surface area contributed by atoms with Gasteiger partial charge in [0.2, 0.25) is 0 Å². The van der Waals surface area contributed by atoms with Crippen molar-refractivity contribution in [3.8, 4) is 11.1 Å². The van der Waals surface area contributed by atoms with Gasteiger partial charge in [-0.15, -0.1) is 0 Å². The number of ketones is 1. The van der Waals surface area contributed by atoms with E-state index in [0.717, 1.165) is 24.0 Å². The van der Waals surface area contributed by atoms with E-state index in [9.17, 15) is 4.79 Å². The standard InChI is InChI=1S/C26H20O/c1-17(27)18-6-8-19(9-7-18)23-15-12-21-11-14-22-13-10-20-4-2-3-5-24(20)26(22)25(21)16-23/h3,5-16H,2,4H2,1H3. The molecule has 130 valence electrons. The van der Waals surface area contributed by atoms with Crippen LogP contribution in [-0.4, -0.2) is 5.78 Å². The molecule has 4 aromatic carbocycles. The van der Waals surface area contributed by atoms with Crippen molar-refractivity contribution in [2.24, 2.45) is 0 Å². The summed E-state index contributed by atoms with van der Waals surface area (Å²) >= 11 is 0. The Labute approximate surface area is 159 Å². The van der Waals surface area contributed by atoms with Gasteiger partial charge < -0.3 is 0 Å². The van der Waals surface area contributed by atoms with E-state index in [4.69, 9.17) is 0 Å². The van der Waals surface area contributed by atoms with E-state index in [2.05, 4.69) is 54.6 Å². The SMILES string of the molecule is CC(=O)c1ccc(-c2ccc3ccc4ccc5c(c4c3c2)C=CCC5)cc1. The van der Waals surface area contributed by atoms with Gasteiger partial charge in [-0.3, -0.25) is 4.79 Å². The molecule has 0 spiro atoms. The molecule has 1 nitrogen and oxygen atoms in total. The van der Waals surface area contributed by atoms with Gasteiger partial charge in [0.25, 0.3) is 0 Å². The molecular formula is C26H20O. The summed E-state index contributed by atoms with van der Waals surface area (Å²) in [4.78, 5) is 11.5. The largest absolute Gasteiger partial charge is 0.295 e. The zero-order chi connectivity index (χ0) is 18.4. The molecule has 0 amide bonds. The summed E-state index contributed by atoms with van der Waals surface area (Å²) in [6, 6.07) is 23.5. The Morgan fingerprint density at radius 1 is 0.815 bits per heavy atom. The molecule has 0 saturated carbocycles. The van der Waals surface area contributed by atoms with E-state index < -0.39 is 0 Å². The van der Waals surface area contributed by atoms with Gasteiger partial charge in [-0.25, -0.2) is 0 Å². The third-order valence-electron chi connectivity index (χ3n) is 5.62. The molecule has 0 heterocycles. The number of Topliss-reactive ketones (excluding diaryl/α,β-unsaturated/α-hetero) is 1. The van der Waals surface area contributed by atoms with Crippen LogP contribution in [0.2, 0.25) is 0 Å². The number of allylic oxidation sites excluding steroid dienone is 1. The highest BCUT2D eigenvalue weighted by Crippen LogP contribution is 2.35. The molecule has 1 aliphatic carbocycles. The molecule has 0 radical (unpaired) electrons. The first-order chi connectivity index (χ1) is 13.2. The Kier molecular flexibility index (Phi) is 3.68. The van der Waals surface area contributed by atoms with Gasteiger partial charge in [-0.1, -0.05) is 72.8 Å². The van der Waals surface area contributed by atoms with Gasteiger partial charge in [0.1, 0.15) is 0 Å². The first-order valence-electron chi connectivity index (χ1n) is 9.47. The van der Waals surface area contributed by atoms with Gasteiger partial charge in [-0.05, 0) is 69.6 Å². The van der Waals surface area contributed by atoms with Crippen LogP contribution in [0.15, 0.2) is 72.8 Å². The second-order valence-electron chi connectivity index (χ2n) is 7.31. The summed E-state index contributed by atoms with van der Waals surface area (Å²) in [5.41, 5.74) is 5.88. The maximum atomic E-state index is 11.5. The van der Waals surface area contributed by atoms with E-state index in [1.165, 1.54) is 38.2 Å². The van der Waals surface area contributed by atoms with Crippen molar-refractivity contribution in [2.45, 2.75) is 19.8 Å². The summed E-state index contributed by atoms with van der Waals surface area (Å²) in [6.07, 6.45) is 6.81. The molecule has 27 heavy (non-hydrogen) atoms. The molecule has 0 aromatic heterocycles. The van der Waals surface area contributed by atoms with E-state index in [-0.39, 0.29) is 5.78 Å². The Hall–Kier alpha value is -3.19. The predicted molar refractivity (Wildman–Crippen MR) is 114 cm³/mol. The second kappa shape index (κ2) is 6.21. The number of fused-ring (bicyclic) bond motifs is 5. The van der Waals surface area contributed by atoms with Crippen LogP contribution in [0.4, 0.5) is 0 Å². The van der Waals surface area contributed by atoms with Crippen LogP contribution in [0.1, 0.15) is 34.8 Å². The number of rotatable bonds is 2. The summed E-state index contributed by atoms with van der Waals surface area (Å²) in [5.74, 6) is 0.101. The van der Waals surface area contributed by atoms with Crippen LogP contribution >= 0.6 is 0 Å². The molecule has 0 unspecified atom stereocenters. The molecule has 5 rings (SSSR count). The number of benzene rings is 4. The van der Waals surface area contributed by atoms with Crippen LogP contribution < -0.4 is 0 Å². The summed E-state index contributed by atoms with van der Waals surface area (Å²) in [6.45, 7) is 1.60. The third kappa shape index (κ3) is 2.67. The monoisotopic (exact) mass is 348 g/mol. The quantitative estimate of drug-likeness (QED) is 0.287. The highest BCUT2D eigenvalue weighted by molar-refractivity contribution is 6.12. The lowest BCUT2D eigenvalue weighted by Gasteiger charge is -2.16. The third-order valence-corrected chi connectivity index (χ3v) is 5.62. The highest BCUT2D eigenvalue weighted by Gasteiger charge is 2.12. The second-order valence-corrected chi connectivity index (χ2v) is 7.31. The smallest absolute Gasteiger partial charge is 0.159 e. The van der Waals surface area contributed by atoms with E-state index >= 15 is 0 Å². The van der Waals surface area contributed by atoms with Gasteiger partial charge in [-0.2, -0.15) is 0 Å². The molecule has 0 N–H and O–H groups in total. The fourth-order valence-corrected chi connectivity index (χ4v) is 4.14. The van der Waals surface area contributed by atoms with Crippen molar-refractivity contribution < 1.29 is 4.79 Å². The molecule has 0 aliphatic heterocycles. The summed E-state index contributed by atoms with van der Waals surface area (Å²) < 4.78 is 0. The number of carbonyl (C=O) groups excluding carboxylic acids is 1. The van der Waals surface area contributed by atoms with Crippen molar-refractivity contribution in [2.75, 3.05) is 0 Å². The Morgan fingerprint density at radius 2 is 1.52 bits per heavy atom. The molecule has 0 fully saturated rings. The van der Waals surface area contributed by atoms with Gasteiger partial charge in [0, 0.05) is 5.56 Å². The van der Waals surface area contributed by atoms with Crippen molar-refractivity contribution in [1.82, 2.24) is 0 Å². The van der Waals surface area contributed by atoms with Crippen molar-refractivity contribution >= 4 is 33.4 Å². The molecule has 0 saturated heterocycles. The molecule has 0 bridgehead atoms. The van der Waals surface area contributed by atoms with Gasteiger partial charge in [0.05, 0.1) is 0 Å². The van der Waals surface area contributed by atoms with Crippen LogP contribution in [0.25, 0.3) is 38.7 Å². The number of carbonyl (C=O) groups is 1. The minimum Gasteiger partial charge on any atom is -0.295 e. The fraction of sp³-hybridized carbons (Fsp3) is 0.115. The van der Waals surface area contributed by atoms with E-state index in [1.807, 2.05) is 24.3 Å². The van der Waals surface area contributed by atoms with E-state index in [1.54, 1.807) is 6.92 Å². The van der Waals surface area contributed by atoms with Gasteiger partial charge in [0.15, 0.2) is 5.78 Å². The minimum atomic E-state index is 0.101. The Bertz CT molecular complexity index is 1230. The molecular weight excluding hydrogens is 328 g/mol. The average molecular weight is 348 g/mol. The summed E-state index contributed by atoms with van der Waals surface area (Å²) in [5, 5.41) is 5.20. The Balaban J connectivity index is 1.76. The zero-order valence-electron chi connectivity index (χ0n) is 15.3. The fourth-order valence-electron chi connectivity index (χ4n) is 4.14. The van der Waals surface area contributed by atoms with Crippen LogP contribution in [0.5, 0.6) is 0 Å². The number of aryl methyl sites for hydroxylation is 1. The minimum absolute atomic E-state index is 0.101. The number of hydrogen-bond donors (Lipinski definition) is 0. The van der Waals surface area contributed by atoms with Crippen LogP contribution in [0, 0.1) is 0 Å². The molecule has 1 aliphatic rings. The Morgan fingerprint density at radius 3 is 2.33 bits per heavy atom. The average Bonchev–Trinajstić information content (AvgIpc) is 2.73. The van der Waals surface area contributed by atoms with Crippen molar-refractivity contribution in [3.05, 3.63) is 89.5 Å². The van der Waals surface area contributed by atoms with Crippen molar-refractivity contribution in [3.63, 3.8) is 0 Å².